The summed E-state index contributed by atoms with van der Waals surface area (Å²) in [5.41, 5.74) is 8.02. The lowest BCUT2D eigenvalue weighted by Gasteiger charge is -2.19. The van der Waals surface area contributed by atoms with Crippen LogP contribution in [-0.2, 0) is 0 Å². The smallest absolute Gasteiger partial charge is 0.249 e. The highest BCUT2D eigenvalue weighted by Crippen LogP contribution is 2.34. The van der Waals surface area contributed by atoms with E-state index in [1.165, 1.54) is 0 Å². The summed E-state index contributed by atoms with van der Waals surface area (Å²) in [6.07, 6.45) is 3.21. The van der Waals surface area contributed by atoms with Crippen LogP contribution in [0, 0.1) is 5.82 Å². The number of rotatable bonds is 4. The first-order valence-electron chi connectivity index (χ1n) is 7.77. The molecule has 0 bridgehead atoms. The highest BCUT2D eigenvalue weighted by atomic mass is 79.9. The van der Waals surface area contributed by atoms with E-state index >= 15 is 4.39 Å². The van der Waals surface area contributed by atoms with E-state index in [-0.39, 0.29) is 11.5 Å². The Bertz CT molecular complexity index is 911. The molecular formula is C20H16BrFN2O. The number of pyridine rings is 1. The van der Waals surface area contributed by atoms with Gasteiger partial charge < -0.3 is 5.73 Å². The molecule has 1 atom stereocenters. The van der Waals surface area contributed by atoms with Crippen LogP contribution in [0.4, 0.5) is 4.39 Å². The third kappa shape index (κ3) is 3.46. The van der Waals surface area contributed by atoms with Crippen molar-refractivity contribution in [3.8, 4) is 11.1 Å². The van der Waals surface area contributed by atoms with Crippen LogP contribution in [0.1, 0.15) is 34.3 Å². The Labute approximate surface area is 153 Å². The lowest BCUT2D eigenvalue weighted by atomic mass is 9.86. The molecule has 0 saturated heterocycles. The summed E-state index contributed by atoms with van der Waals surface area (Å²) in [4.78, 5) is 15.8. The van der Waals surface area contributed by atoms with Crippen molar-refractivity contribution in [2.45, 2.75) is 12.8 Å². The molecular weight excluding hydrogens is 383 g/mol. The molecule has 25 heavy (non-hydrogen) atoms. The summed E-state index contributed by atoms with van der Waals surface area (Å²) < 4.78 is 16.3. The van der Waals surface area contributed by atoms with Crippen molar-refractivity contribution in [3.63, 3.8) is 0 Å². The molecule has 0 radical (unpaired) electrons. The number of hydrogen-bond donors (Lipinski definition) is 1. The van der Waals surface area contributed by atoms with Crippen LogP contribution in [0.5, 0.6) is 0 Å². The number of primary amides is 1. The molecule has 0 aliphatic rings. The number of carbonyl (C=O) groups excluding carboxylic acids is 1. The van der Waals surface area contributed by atoms with Crippen molar-refractivity contribution in [2.24, 2.45) is 5.73 Å². The van der Waals surface area contributed by atoms with Crippen molar-refractivity contribution in [1.29, 1.82) is 0 Å². The fourth-order valence-corrected chi connectivity index (χ4v) is 3.17. The molecule has 1 aromatic heterocycles. The van der Waals surface area contributed by atoms with Crippen molar-refractivity contribution in [1.82, 2.24) is 4.98 Å². The standard InChI is InChI=1S/C20H16BrFN2O/c1-12(13-2-4-15(21)5-3-13)18-17(20(23)25)7-6-16(19(18)22)14-8-10-24-11-9-14/h2-12H,1H3,(H2,23,25). The average molecular weight is 399 g/mol. The van der Waals surface area contributed by atoms with Crippen LogP contribution in [0.25, 0.3) is 11.1 Å². The minimum Gasteiger partial charge on any atom is -0.366 e. The minimum atomic E-state index is -0.640. The van der Waals surface area contributed by atoms with Crippen LogP contribution in [0.15, 0.2) is 65.4 Å². The first-order valence-corrected chi connectivity index (χ1v) is 8.56. The number of aromatic nitrogens is 1. The molecule has 0 aliphatic carbocycles. The van der Waals surface area contributed by atoms with Gasteiger partial charge in [0.15, 0.2) is 0 Å². The Hall–Kier alpha value is -2.53. The predicted molar refractivity (Wildman–Crippen MR) is 99.8 cm³/mol. The predicted octanol–water partition coefficient (Wildman–Crippen LogP) is 4.90. The SMILES string of the molecule is CC(c1ccc(Br)cc1)c1c(C(N)=O)ccc(-c2ccncc2)c1F. The molecule has 3 aromatic rings. The van der Waals surface area contributed by atoms with Gasteiger partial charge in [-0.1, -0.05) is 41.1 Å². The van der Waals surface area contributed by atoms with Gasteiger partial charge in [-0.3, -0.25) is 9.78 Å². The molecule has 2 N–H and O–H groups in total. The quantitative estimate of drug-likeness (QED) is 0.679. The number of benzene rings is 2. The van der Waals surface area contributed by atoms with Crippen LogP contribution in [0.3, 0.4) is 0 Å². The van der Waals surface area contributed by atoms with E-state index in [9.17, 15) is 4.79 Å². The first-order chi connectivity index (χ1) is 12.0. The monoisotopic (exact) mass is 398 g/mol. The van der Waals surface area contributed by atoms with E-state index in [0.29, 0.717) is 16.7 Å². The van der Waals surface area contributed by atoms with Gasteiger partial charge in [0, 0.05) is 39.5 Å². The van der Waals surface area contributed by atoms with Crippen molar-refractivity contribution >= 4 is 21.8 Å². The molecule has 2 aromatic carbocycles. The number of nitrogens with zero attached hydrogens (tertiary/aromatic N) is 1. The van der Waals surface area contributed by atoms with Gasteiger partial charge in [-0.25, -0.2) is 4.39 Å². The van der Waals surface area contributed by atoms with Crippen LogP contribution in [-0.4, -0.2) is 10.9 Å². The maximum absolute atomic E-state index is 15.4. The van der Waals surface area contributed by atoms with E-state index in [4.69, 9.17) is 5.73 Å². The van der Waals surface area contributed by atoms with Crippen molar-refractivity contribution in [2.75, 3.05) is 0 Å². The molecule has 1 heterocycles. The largest absolute Gasteiger partial charge is 0.366 e. The summed E-state index contributed by atoms with van der Waals surface area (Å²) in [5, 5.41) is 0. The van der Waals surface area contributed by atoms with E-state index in [1.54, 1.807) is 36.7 Å². The maximum Gasteiger partial charge on any atom is 0.249 e. The zero-order valence-corrected chi connectivity index (χ0v) is 15.1. The fourth-order valence-electron chi connectivity index (χ4n) is 2.90. The molecule has 3 rings (SSSR count). The Morgan fingerprint density at radius 3 is 2.32 bits per heavy atom. The highest BCUT2D eigenvalue weighted by Gasteiger charge is 2.23. The molecule has 0 saturated carbocycles. The van der Waals surface area contributed by atoms with Crippen LogP contribution in [0.2, 0.25) is 0 Å². The number of nitrogens with two attached hydrogens (primary N) is 1. The van der Waals surface area contributed by atoms with Gasteiger partial charge in [0.05, 0.1) is 0 Å². The van der Waals surface area contributed by atoms with Gasteiger partial charge in [0.25, 0.3) is 0 Å². The highest BCUT2D eigenvalue weighted by molar-refractivity contribution is 9.10. The summed E-state index contributed by atoms with van der Waals surface area (Å²) in [7, 11) is 0. The Kier molecular flexibility index (Phi) is 4.95. The molecule has 0 aliphatic heterocycles. The summed E-state index contributed by atoms with van der Waals surface area (Å²) in [5.74, 6) is -1.39. The van der Waals surface area contributed by atoms with E-state index in [2.05, 4.69) is 20.9 Å². The molecule has 0 fully saturated rings. The van der Waals surface area contributed by atoms with Gasteiger partial charge in [-0.2, -0.15) is 0 Å². The van der Waals surface area contributed by atoms with Gasteiger partial charge in [-0.15, -0.1) is 0 Å². The van der Waals surface area contributed by atoms with Gasteiger partial charge in [0.2, 0.25) is 5.91 Å². The normalized spacial score (nSPS) is 12.0. The lowest BCUT2D eigenvalue weighted by molar-refractivity contribution is 0.0998. The van der Waals surface area contributed by atoms with Crippen LogP contribution >= 0.6 is 15.9 Å². The minimum absolute atomic E-state index is 0.200. The molecule has 3 nitrogen and oxygen atoms in total. The Morgan fingerprint density at radius 2 is 1.72 bits per heavy atom. The van der Waals surface area contributed by atoms with Gasteiger partial charge in [0.1, 0.15) is 5.82 Å². The van der Waals surface area contributed by atoms with Crippen LogP contribution < -0.4 is 5.73 Å². The molecule has 126 valence electrons. The topological polar surface area (TPSA) is 56.0 Å². The second kappa shape index (κ2) is 7.15. The summed E-state index contributed by atoms with van der Waals surface area (Å²) in [6.45, 7) is 1.87. The zero-order valence-electron chi connectivity index (χ0n) is 13.5. The molecule has 1 amide bonds. The van der Waals surface area contributed by atoms with Gasteiger partial charge >= 0.3 is 0 Å². The maximum atomic E-state index is 15.4. The summed E-state index contributed by atoms with van der Waals surface area (Å²) in [6, 6.07) is 14.2. The lowest BCUT2D eigenvalue weighted by Crippen LogP contribution is -2.17. The average Bonchev–Trinajstić information content (AvgIpc) is 2.62. The Morgan fingerprint density at radius 1 is 1.08 bits per heavy atom. The number of amides is 1. The Balaban J connectivity index is 2.18. The van der Waals surface area contributed by atoms with E-state index in [1.807, 2.05) is 31.2 Å². The zero-order chi connectivity index (χ0) is 18.0. The number of carbonyl (C=O) groups is 1. The third-order valence-corrected chi connectivity index (χ3v) is 4.77. The molecule has 0 spiro atoms. The molecule has 5 heteroatoms. The fraction of sp³-hybridized carbons (Fsp3) is 0.100. The van der Waals surface area contributed by atoms with Crippen molar-refractivity contribution in [3.05, 3.63) is 87.9 Å². The van der Waals surface area contributed by atoms with E-state index < -0.39 is 11.7 Å². The number of hydrogen-bond acceptors (Lipinski definition) is 2. The first kappa shape index (κ1) is 17.3. The number of halogens is 2. The summed E-state index contributed by atoms with van der Waals surface area (Å²) >= 11 is 3.39. The van der Waals surface area contributed by atoms with Crippen molar-refractivity contribution < 1.29 is 9.18 Å². The second-order valence-electron chi connectivity index (χ2n) is 5.76. The third-order valence-electron chi connectivity index (χ3n) is 4.24. The van der Waals surface area contributed by atoms with Gasteiger partial charge in [-0.05, 0) is 41.5 Å². The van der Waals surface area contributed by atoms with E-state index in [0.717, 1.165) is 10.0 Å². The second-order valence-corrected chi connectivity index (χ2v) is 6.68. The molecule has 1 unspecified atom stereocenters.